The molecule has 132 valence electrons. The quantitative estimate of drug-likeness (QED) is 0.678. The van der Waals surface area contributed by atoms with Crippen LogP contribution in [-0.4, -0.2) is 17.1 Å². The molecule has 0 fully saturated rings. The van der Waals surface area contributed by atoms with Crippen LogP contribution in [0.1, 0.15) is 22.8 Å². The smallest absolute Gasteiger partial charge is 0.321 e. The van der Waals surface area contributed by atoms with Gasteiger partial charge in [0, 0.05) is 40.5 Å². The molecule has 0 spiro atoms. The Hall–Kier alpha value is -3.15. The number of hydrogen-bond acceptors (Lipinski definition) is 2. The summed E-state index contributed by atoms with van der Waals surface area (Å²) >= 11 is 0. The van der Waals surface area contributed by atoms with E-state index in [1.807, 2.05) is 12.1 Å². The minimum atomic E-state index is -4.37. The standard InChI is InChI=1S/C20H15F3N2O/c1-13(11-20(21,22)23)14-5-7-15(8-6-14)19(26)25-18-4-2-3-16-12-24-10-9-17(16)18/h2-12H,1H3,(H,25,26)/b13-11+. The highest BCUT2D eigenvalue weighted by Gasteiger charge is 2.23. The Labute approximate surface area is 148 Å². The van der Waals surface area contributed by atoms with E-state index in [0.29, 0.717) is 16.8 Å². The summed E-state index contributed by atoms with van der Waals surface area (Å²) in [5, 5.41) is 4.58. The molecule has 0 aliphatic heterocycles. The summed E-state index contributed by atoms with van der Waals surface area (Å²) in [6, 6.07) is 13.3. The Balaban J connectivity index is 1.81. The lowest BCUT2D eigenvalue weighted by Crippen LogP contribution is -2.12. The summed E-state index contributed by atoms with van der Waals surface area (Å²) in [6.45, 7) is 1.38. The second-order valence-corrected chi connectivity index (χ2v) is 5.80. The van der Waals surface area contributed by atoms with Gasteiger partial charge >= 0.3 is 6.18 Å². The maximum absolute atomic E-state index is 12.4. The Morgan fingerprint density at radius 2 is 1.73 bits per heavy atom. The fourth-order valence-electron chi connectivity index (χ4n) is 2.64. The van der Waals surface area contributed by atoms with Crippen molar-refractivity contribution in [1.82, 2.24) is 4.98 Å². The molecule has 0 radical (unpaired) electrons. The predicted octanol–water partition coefficient (Wildman–Crippen LogP) is 5.45. The first-order chi connectivity index (χ1) is 12.3. The number of amides is 1. The minimum Gasteiger partial charge on any atom is -0.321 e. The normalized spacial score (nSPS) is 12.2. The molecule has 6 heteroatoms. The highest BCUT2D eigenvalue weighted by atomic mass is 19.4. The van der Waals surface area contributed by atoms with Crippen molar-refractivity contribution in [3.05, 3.63) is 78.1 Å². The Morgan fingerprint density at radius 1 is 1.04 bits per heavy atom. The molecule has 3 aromatic rings. The molecule has 3 nitrogen and oxygen atoms in total. The molecular formula is C20H15F3N2O. The molecule has 26 heavy (non-hydrogen) atoms. The molecule has 0 saturated heterocycles. The monoisotopic (exact) mass is 356 g/mol. The zero-order valence-corrected chi connectivity index (χ0v) is 13.8. The number of hydrogen-bond donors (Lipinski definition) is 1. The molecular weight excluding hydrogens is 341 g/mol. The minimum absolute atomic E-state index is 0.0889. The average molecular weight is 356 g/mol. The van der Waals surface area contributed by atoms with Crippen LogP contribution in [0.4, 0.5) is 18.9 Å². The predicted molar refractivity (Wildman–Crippen MR) is 95.8 cm³/mol. The average Bonchev–Trinajstić information content (AvgIpc) is 2.61. The van der Waals surface area contributed by atoms with Gasteiger partial charge in [0.05, 0.1) is 0 Å². The molecule has 0 aliphatic carbocycles. The third-order valence-corrected chi connectivity index (χ3v) is 3.91. The van der Waals surface area contributed by atoms with Gasteiger partial charge in [-0.2, -0.15) is 13.2 Å². The summed E-state index contributed by atoms with van der Waals surface area (Å²) in [7, 11) is 0. The van der Waals surface area contributed by atoms with Crippen LogP contribution in [0, 0.1) is 0 Å². The lowest BCUT2D eigenvalue weighted by atomic mass is 10.0. The van der Waals surface area contributed by atoms with Crippen molar-refractivity contribution < 1.29 is 18.0 Å². The number of rotatable bonds is 3. The fourth-order valence-corrected chi connectivity index (χ4v) is 2.64. The van der Waals surface area contributed by atoms with Crippen molar-refractivity contribution in [3.63, 3.8) is 0 Å². The van der Waals surface area contributed by atoms with Gasteiger partial charge in [-0.1, -0.05) is 24.3 Å². The van der Waals surface area contributed by atoms with Crippen molar-refractivity contribution in [2.75, 3.05) is 5.32 Å². The molecule has 1 aromatic heterocycles. The summed E-state index contributed by atoms with van der Waals surface area (Å²) in [6.07, 6.45) is -0.784. The molecule has 1 amide bonds. The zero-order valence-electron chi connectivity index (χ0n) is 13.8. The van der Waals surface area contributed by atoms with Crippen LogP contribution in [0.15, 0.2) is 67.0 Å². The van der Waals surface area contributed by atoms with E-state index in [2.05, 4.69) is 10.3 Å². The van der Waals surface area contributed by atoms with Crippen LogP contribution in [-0.2, 0) is 0 Å². The SMILES string of the molecule is C/C(=C\C(F)(F)F)c1ccc(C(=O)Nc2cccc3cnccc23)cc1. The number of nitrogens with zero attached hydrogens (tertiary/aromatic N) is 1. The third-order valence-electron chi connectivity index (χ3n) is 3.91. The number of halogens is 3. The van der Waals surface area contributed by atoms with E-state index in [1.54, 1.807) is 24.5 Å². The second-order valence-electron chi connectivity index (χ2n) is 5.80. The molecule has 0 aliphatic rings. The first-order valence-electron chi connectivity index (χ1n) is 7.84. The second kappa shape index (κ2) is 7.00. The molecule has 0 atom stereocenters. The van der Waals surface area contributed by atoms with E-state index in [4.69, 9.17) is 0 Å². The van der Waals surface area contributed by atoms with Crippen molar-refractivity contribution in [1.29, 1.82) is 0 Å². The zero-order chi connectivity index (χ0) is 18.7. The van der Waals surface area contributed by atoms with Crippen LogP contribution in [0.5, 0.6) is 0 Å². The molecule has 0 unspecified atom stereocenters. The summed E-state index contributed by atoms with van der Waals surface area (Å²) in [5.74, 6) is -0.335. The maximum Gasteiger partial charge on any atom is 0.410 e. The van der Waals surface area contributed by atoms with E-state index in [9.17, 15) is 18.0 Å². The summed E-state index contributed by atoms with van der Waals surface area (Å²) < 4.78 is 37.3. The molecule has 0 bridgehead atoms. The number of alkyl halides is 3. The van der Waals surface area contributed by atoms with E-state index in [-0.39, 0.29) is 17.6 Å². The van der Waals surface area contributed by atoms with Crippen LogP contribution in [0.3, 0.4) is 0 Å². The van der Waals surface area contributed by atoms with E-state index in [1.165, 1.54) is 31.2 Å². The molecule has 0 saturated carbocycles. The van der Waals surface area contributed by atoms with Gasteiger partial charge in [0.2, 0.25) is 0 Å². The van der Waals surface area contributed by atoms with Gasteiger partial charge in [0.15, 0.2) is 0 Å². The molecule has 2 aromatic carbocycles. The lowest BCUT2D eigenvalue weighted by Gasteiger charge is -2.09. The number of fused-ring (bicyclic) bond motifs is 1. The van der Waals surface area contributed by atoms with Crippen LogP contribution in [0.2, 0.25) is 0 Å². The maximum atomic E-state index is 12.4. The largest absolute Gasteiger partial charge is 0.410 e. The topological polar surface area (TPSA) is 42.0 Å². The van der Waals surface area contributed by atoms with Crippen molar-refractivity contribution in [3.8, 4) is 0 Å². The number of carbonyl (C=O) groups excluding carboxylic acids is 1. The number of allylic oxidation sites excluding steroid dienone is 2. The van der Waals surface area contributed by atoms with Crippen molar-refractivity contribution in [2.24, 2.45) is 0 Å². The Kier molecular flexibility index (Phi) is 4.75. The van der Waals surface area contributed by atoms with E-state index in [0.717, 1.165) is 10.8 Å². The van der Waals surface area contributed by atoms with Crippen molar-refractivity contribution >= 4 is 27.9 Å². The third kappa shape index (κ3) is 4.08. The first-order valence-corrected chi connectivity index (χ1v) is 7.84. The van der Waals surface area contributed by atoms with E-state index >= 15 is 0 Å². The number of anilines is 1. The van der Waals surface area contributed by atoms with E-state index < -0.39 is 6.18 Å². The summed E-state index contributed by atoms with van der Waals surface area (Å²) in [5.41, 5.74) is 1.51. The van der Waals surface area contributed by atoms with Gasteiger partial charge in [-0.3, -0.25) is 9.78 Å². The van der Waals surface area contributed by atoms with Crippen LogP contribution < -0.4 is 5.32 Å². The Morgan fingerprint density at radius 3 is 2.42 bits per heavy atom. The van der Waals surface area contributed by atoms with Gasteiger partial charge in [-0.05, 0) is 42.3 Å². The van der Waals surface area contributed by atoms with Gasteiger partial charge in [-0.25, -0.2) is 0 Å². The number of nitrogens with one attached hydrogen (secondary N) is 1. The van der Waals surface area contributed by atoms with Gasteiger partial charge < -0.3 is 5.32 Å². The molecule has 1 N–H and O–H groups in total. The lowest BCUT2D eigenvalue weighted by molar-refractivity contribution is -0.0793. The summed E-state index contributed by atoms with van der Waals surface area (Å²) in [4.78, 5) is 16.5. The first kappa shape index (κ1) is 17.7. The molecule has 1 heterocycles. The van der Waals surface area contributed by atoms with Gasteiger partial charge in [0.25, 0.3) is 5.91 Å². The van der Waals surface area contributed by atoms with Crippen molar-refractivity contribution in [2.45, 2.75) is 13.1 Å². The number of pyridine rings is 1. The van der Waals surface area contributed by atoms with Crippen LogP contribution >= 0.6 is 0 Å². The number of carbonyl (C=O) groups is 1. The highest BCUT2D eigenvalue weighted by Crippen LogP contribution is 2.25. The number of benzene rings is 2. The van der Waals surface area contributed by atoms with Gasteiger partial charge in [0.1, 0.15) is 0 Å². The highest BCUT2D eigenvalue weighted by molar-refractivity contribution is 6.09. The van der Waals surface area contributed by atoms with Crippen LogP contribution in [0.25, 0.3) is 16.3 Å². The molecule has 3 rings (SSSR count). The Bertz CT molecular complexity index is 971. The fraction of sp³-hybridized carbons (Fsp3) is 0.100. The number of aromatic nitrogens is 1. The van der Waals surface area contributed by atoms with Gasteiger partial charge in [-0.15, -0.1) is 0 Å².